The zero-order valence-electron chi connectivity index (χ0n) is 12.4. The number of hydrogen-bond acceptors (Lipinski definition) is 4. The van der Waals surface area contributed by atoms with E-state index in [1.807, 2.05) is 25.2 Å². The van der Waals surface area contributed by atoms with Crippen molar-refractivity contribution in [3.05, 3.63) is 35.9 Å². The molecule has 0 spiro atoms. The van der Waals surface area contributed by atoms with Crippen LogP contribution in [0.1, 0.15) is 31.4 Å². The number of halogens is 1. The van der Waals surface area contributed by atoms with Gasteiger partial charge in [0.2, 0.25) is 5.91 Å². The Morgan fingerprint density at radius 2 is 1.90 bits per heavy atom. The van der Waals surface area contributed by atoms with Gasteiger partial charge in [-0.2, -0.15) is 0 Å². The fraction of sp³-hybridized carbons (Fsp3) is 0.467. The molecule has 1 amide bonds. The summed E-state index contributed by atoms with van der Waals surface area (Å²) in [6.45, 7) is 2.80. The molecule has 1 rings (SSSR count). The highest BCUT2D eigenvalue weighted by Gasteiger charge is 2.23. The first-order valence-corrected chi connectivity index (χ1v) is 6.84. The molecule has 0 aliphatic carbocycles. The molecule has 118 valence electrons. The van der Waals surface area contributed by atoms with Crippen molar-refractivity contribution < 1.29 is 14.3 Å². The molecular weight excluding hydrogens is 292 g/mol. The third-order valence-electron chi connectivity index (χ3n) is 2.79. The summed E-state index contributed by atoms with van der Waals surface area (Å²) < 4.78 is 5.02. The third kappa shape index (κ3) is 7.11. The molecule has 0 radical (unpaired) electrons. The monoisotopic (exact) mass is 314 g/mol. The lowest BCUT2D eigenvalue weighted by Gasteiger charge is -2.17. The Hall–Kier alpha value is -1.59. The number of carbonyl (C=O) groups excluding carboxylic acids is 2. The number of esters is 1. The van der Waals surface area contributed by atoms with Crippen LogP contribution >= 0.6 is 12.4 Å². The zero-order chi connectivity index (χ0) is 14.8. The van der Waals surface area contributed by atoms with E-state index in [1.165, 1.54) is 0 Å². The first kappa shape index (κ1) is 19.4. The average Bonchev–Trinajstić information content (AvgIpc) is 2.46. The first-order valence-electron chi connectivity index (χ1n) is 6.84. The van der Waals surface area contributed by atoms with Crippen molar-refractivity contribution in [2.45, 2.75) is 25.8 Å². The summed E-state index contributed by atoms with van der Waals surface area (Å²) in [4.78, 5) is 23.8. The Morgan fingerprint density at radius 1 is 1.24 bits per heavy atom. The molecule has 21 heavy (non-hydrogen) atoms. The maximum absolute atomic E-state index is 12.0. The molecule has 6 heteroatoms. The van der Waals surface area contributed by atoms with Gasteiger partial charge in [-0.1, -0.05) is 30.3 Å². The summed E-state index contributed by atoms with van der Waals surface area (Å²) in [5.41, 5.74) is 0.730. The maximum Gasteiger partial charge on any atom is 0.333 e. The first-order chi connectivity index (χ1) is 9.69. The normalized spacial score (nSPS) is 11.1. The van der Waals surface area contributed by atoms with Crippen LogP contribution in [-0.4, -0.2) is 32.1 Å². The van der Waals surface area contributed by atoms with Gasteiger partial charge in [-0.3, -0.25) is 4.79 Å². The molecule has 0 aromatic heterocycles. The Bertz CT molecular complexity index is 426. The molecule has 1 aromatic rings. The average molecular weight is 315 g/mol. The number of benzene rings is 1. The van der Waals surface area contributed by atoms with Crippen molar-refractivity contribution in [3.8, 4) is 0 Å². The summed E-state index contributed by atoms with van der Waals surface area (Å²) in [6, 6.07) is 8.38. The summed E-state index contributed by atoms with van der Waals surface area (Å²) >= 11 is 0. The van der Waals surface area contributed by atoms with Gasteiger partial charge in [0, 0.05) is 6.42 Å². The van der Waals surface area contributed by atoms with Gasteiger partial charge in [0.15, 0.2) is 6.04 Å². The maximum atomic E-state index is 12.0. The second-order valence-corrected chi connectivity index (χ2v) is 4.37. The van der Waals surface area contributed by atoms with E-state index in [0.717, 1.165) is 18.5 Å². The van der Waals surface area contributed by atoms with E-state index in [-0.39, 0.29) is 24.9 Å². The van der Waals surface area contributed by atoms with Gasteiger partial charge >= 0.3 is 5.97 Å². The Kier molecular flexibility index (Phi) is 10.3. The van der Waals surface area contributed by atoms with Crippen molar-refractivity contribution in [2.24, 2.45) is 0 Å². The number of ether oxygens (including phenoxy) is 1. The van der Waals surface area contributed by atoms with Gasteiger partial charge in [-0.05, 0) is 32.5 Å². The standard InChI is InChI=1S/C15H22N2O3.ClH/c1-3-20-15(19)14(12-8-5-4-6-9-12)17-13(18)10-7-11-16-2;/h4-6,8-9,14,16H,3,7,10-11H2,1-2H3,(H,17,18);1H/t14-;/m1./s1. The molecular formula is C15H23ClN2O3. The van der Waals surface area contributed by atoms with Crippen molar-refractivity contribution in [1.29, 1.82) is 0 Å². The molecule has 0 fully saturated rings. The predicted octanol–water partition coefficient (Wildman–Crippen LogP) is 1.83. The summed E-state index contributed by atoms with van der Waals surface area (Å²) in [6.07, 6.45) is 1.11. The van der Waals surface area contributed by atoms with Gasteiger partial charge in [-0.15, -0.1) is 12.4 Å². The van der Waals surface area contributed by atoms with Crippen molar-refractivity contribution in [2.75, 3.05) is 20.2 Å². The molecule has 0 saturated heterocycles. The Balaban J connectivity index is 0.00000400. The summed E-state index contributed by atoms with van der Waals surface area (Å²) in [5.74, 6) is -0.581. The van der Waals surface area contributed by atoms with Gasteiger partial charge < -0.3 is 15.4 Å². The Morgan fingerprint density at radius 3 is 2.48 bits per heavy atom. The molecule has 2 N–H and O–H groups in total. The van der Waals surface area contributed by atoms with E-state index in [0.29, 0.717) is 6.42 Å². The topological polar surface area (TPSA) is 67.4 Å². The number of hydrogen-bond donors (Lipinski definition) is 2. The molecule has 5 nitrogen and oxygen atoms in total. The van der Waals surface area contributed by atoms with E-state index in [2.05, 4.69) is 10.6 Å². The highest BCUT2D eigenvalue weighted by molar-refractivity contribution is 5.85. The number of carbonyl (C=O) groups is 2. The lowest BCUT2D eigenvalue weighted by molar-refractivity contribution is -0.147. The Labute approximate surface area is 131 Å². The SMILES string of the molecule is CCOC(=O)[C@H](NC(=O)CCCNC)c1ccccc1.Cl. The van der Waals surface area contributed by atoms with Crippen LogP contribution < -0.4 is 10.6 Å². The van der Waals surface area contributed by atoms with Crippen LogP contribution in [-0.2, 0) is 14.3 Å². The van der Waals surface area contributed by atoms with Crippen LogP contribution in [0.3, 0.4) is 0 Å². The van der Waals surface area contributed by atoms with Crippen LogP contribution in [0, 0.1) is 0 Å². The smallest absolute Gasteiger partial charge is 0.333 e. The highest BCUT2D eigenvalue weighted by Crippen LogP contribution is 2.14. The van der Waals surface area contributed by atoms with Crippen molar-refractivity contribution >= 4 is 24.3 Å². The molecule has 0 aliphatic rings. The molecule has 0 saturated carbocycles. The van der Waals surface area contributed by atoms with Crippen LogP contribution in [0.2, 0.25) is 0 Å². The van der Waals surface area contributed by atoms with Gasteiger partial charge in [-0.25, -0.2) is 4.79 Å². The number of nitrogens with one attached hydrogen (secondary N) is 2. The second kappa shape index (κ2) is 11.1. The largest absolute Gasteiger partial charge is 0.464 e. The molecule has 0 heterocycles. The van der Waals surface area contributed by atoms with E-state index >= 15 is 0 Å². The van der Waals surface area contributed by atoms with E-state index < -0.39 is 12.0 Å². The molecule has 1 aromatic carbocycles. The van der Waals surface area contributed by atoms with Crippen molar-refractivity contribution in [3.63, 3.8) is 0 Å². The van der Waals surface area contributed by atoms with E-state index in [1.54, 1.807) is 19.1 Å². The summed E-state index contributed by atoms with van der Waals surface area (Å²) in [7, 11) is 1.84. The van der Waals surface area contributed by atoms with Crippen LogP contribution in [0.5, 0.6) is 0 Å². The van der Waals surface area contributed by atoms with Gasteiger partial charge in [0.1, 0.15) is 0 Å². The van der Waals surface area contributed by atoms with E-state index in [4.69, 9.17) is 4.74 Å². The minimum Gasteiger partial charge on any atom is -0.464 e. The zero-order valence-corrected chi connectivity index (χ0v) is 13.2. The highest BCUT2D eigenvalue weighted by atomic mass is 35.5. The quantitative estimate of drug-likeness (QED) is 0.567. The lowest BCUT2D eigenvalue weighted by Crippen LogP contribution is -2.35. The molecule has 0 aliphatic heterocycles. The van der Waals surface area contributed by atoms with Crippen molar-refractivity contribution in [1.82, 2.24) is 10.6 Å². The molecule has 0 unspecified atom stereocenters. The number of rotatable bonds is 8. The minimum absolute atomic E-state index is 0. The predicted molar refractivity (Wildman–Crippen MR) is 84.4 cm³/mol. The molecule has 1 atom stereocenters. The second-order valence-electron chi connectivity index (χ2n) is 4.37. The third-order valence-corrected chi connectivity index (χ3v) is 2.79. The number of amides is 1. The fourth-order valence-electron chi connectivity index (χ4n) is 1.81. The fourth-order valence-corrected chi connectivity index (χ4v) is 1.81. The van der Waals surface area contributed by atoms with Gasteiger partial charge in [0.25, 0.3) is 0 Å². The van der Waals surface area contributed by atoms with Gasteiger partial charge in [0.05, 0.1) is 6.61 Å². The molecule has 0 bridgehead atoms. The van der Waals surface area contributed by atoms with Crippen LogP contribution in [0.25, 0.3) is 0 Å². The minimum atomic E-state index is -0.738. The summed E-state index contributed by atoms with van der Waals surface area (Å²) in [5, 5.41) is 5.72. The van der Waals surface area contributed by atoms with E-state index in [9.17, 15) is 9.59 Å². The lowest BCUT2D eigenvalue weighted by atomic mass is 10.1. The van der Waals surface area contributed by atoms with Crippen LogP contribution in [0.4, 0.5) is 0 Å². The van der Waals surface area contributed by atoms with Crippen LogP contribution in [0.15, 0.2) is 30.3 Å².